The topological polar surface area (TPSA) is 3.24 Å². The molecule has 1 aliphatic carbocycles. The molecule has 0 atom stereocenters. The molecule has 0 bridgehead atoms. The quantitative estimate of drug-likeness (QED) is 0.826. The third-order valence-corrected chi connectivity index (χ3v) is 5.03. The van der Waals surface area contributed by atoms with Crippen LogP contribution < -0.4 is 9.75 Å². The second-order valence-corrected chi connectivity index (χ2v) is 6.13. The van der Waals surface area contributed by atoms with E-state index < -0.39 is 0 Å². The predicted molar refractivity (Wildman–Crippen MR) is 76.2 cm³/mol. The molecule has 0 N–H and O–H groups in total. The molecule has 0 saturated carbocycles. The number of hydrogen-bond donors (Lipinski definition) is 0. The first kappa shape index (κ1) is 12.1. The summed E-state index contributed by atoms with van der Waals surface area (Å²) in [5.74, 6) is 0. The Balaban J connectivity index is 2.36. The monoisotopic (exact) mass is 297 g/mol. The highest BCUT2D eigenvalue weighted by Crippen LogP contribution is 2.16. The summed E-state index contributed by atoms with van der Waals surface area (Å²) >= 11 is 5.65. The first-order valence-corrected chi connectivity index (χ1v) is 7.08. The maximum absolute atomic E-state index is 3.73. The van der Waals surface area contributed by atoms with Crippen LogP contribution in [0, 0.1) is 0 Å². The van der Waals surface area contributed by atoms with E-state index in [4.69, 9.17) is 0 Å². The van der Waals surface area contributed by atoms with Crippen molar-refractivity contribution in [3.05, 3.63) is 31.3 Å². The van der Waals surface area contributed by atoms with Gasteiger partial charge in [-0.3, -0.25) is 0 Å². The minimum absolute atomic E-state index is 1.05. The van der Waals surface area contributed by atoms with E-state index in [2.05, 4.69) is 59.2 Å². The maximum atomic E-state index is 3.73. The van der Waals surface area contributed by atoms with Crippen LogP contribution in [0.5, 0.6) is 0 Å². The summed E-state index contributed by atoms with van der Waals surface area (Å²) in [5.41, 5.74) is 0. The Morgan fingerprint density at radius 3 is 3.00 bits per heavy atom. The van der Waals surface area contributed by atoms with Crippen molar-refractivity contribution in [2.24, 2.45) is 0 Å². The molecular weight excluding hydrogens is 282 g/mol. The van der Waals surface area contributed by atoms with E-state index in [1.54, 1.807) is 0 Å². The Kier molecular flexibility index (Phi) is 4.00. The molecule has 0 amide bonds. The Bertz CT molecular complexity index is 511. The van der Waals surface area contributed by atoms with E-state index in [1.165, 1.54) is 19.1 Å². The molecule has 16 heavy (non-hydrogen) atoms. The zero-order chi connectivity index (χ0) is 11.5. The smallest absolute Gasteiger partial charge is 0.0393 e. The van der Waals surface area contributed by atoms with Gasteiger partial charge in [0.25, 0.3) is 0 Å². The molecule has 1 aromatic heterocycles. The van der Waals surface area contributed by atoms with Gasteiger partial charge in [0, 0.05) is 25.6 Å². The van der Waals surface area contributed by atoms with Crippen molar-refractivity contribution in [1.82, 2.24) is 4.90 Å². The molecule has 1 aliphatic rings. The van der Waals surface area contributed by atoms with Gasteiger partial charge < -0.3 is 4.90 Å². The molecule has 0 aliphatic heterocycles. The van der Waals surface area contributed by atoms with Crippen molar-refractivity contribution in [3.63, 3.8) is 0 Å². The lowest BCUT2D eigenvalue weighted by molar-refractivity contribution is 0.414. The highest BCUT2D eigenvalue weighted by molar-refractivity contribution is 9.10. The lowest BCUT2D eigenvalue weighted by Gasteiger charge is -2.07. The van der Waals surface area contributed by atoms with E-state index in [1.807, 2.05) is 11.3 Å². The molecule has 1 heterocycles. The lowest BCUT2D eigenvalue weighted by atomic mass is 10.3. The van der Waals surface area contributed by atoms with Crippen molar-refractivity contribution < 1.29 is 0 Å². The van der Waals surface area contributed by atoms with Crippen LogP contribution in [0.1, 0.15) is 11.3 Å². The first-order valence-electron chi connectivity index (χ1n) is 5.47. The minimum atomic E-state index is 1.05. The standard InChI is InChI=1S/C13H16BrNS/c1-15(2)9-8-12-13(14)10-6-4-3-5-7-11(10)16-12/h3-4,6-7H,5,8-9H2,1-2H3. The molecule has 0 saturated heterocycles. The molecular formula is C13H16BrNS. The first-order chi connectivity index (χ1) is 7.68. The van der Waals surface area contributed by atoms with Gasteiger partial charge >= 0.3 is 0 Å². The van der Waals surface area contributed by atoms with Crippen LogP contribution in [-0.4, -0.2) is 25.5 Å². The van der Waals surface area contributed by atoms with Gasteiger partial charge in [-0.15, -0.1) is 11.3 Å². The SMILES string of the molecule is CN(C)CCc1sc2c(c1Br)=CC=CCC=2. The summed E-state index contributed by atoms with van der Waals surface area (Å²) in [4.78, 5) is 3.69. The van der Waals surface area contributed by atoms with E-state index in [0.29, 0.717) is 0 Å². The number of hydrogen-bond acceptors (Lipinski definition) is 2. The van der Waals surface area contributed by atoms with Crippen LogP contribution in [0.4, 0.5) is 0 Å². The van der Waals surface area contributed by atoms with Gasteiger partial charge in [0.15, 0.2) is 0 Å². The zero-order valence-corrected chi connectivity index (χ0v) is 12.1. The molecule has 2 rings (SSSR count). The van der Waals surface area contributed by atoms with Gasteiger partial charge in [-0.2, -0.15) is 0 Å². The second-order valence-electron chi connectivity index (χ2n) is 4.21. The number of fused-ring (bicyclic) bond motifs is 1. The lowest BCUT2D eigenvalue weighted by Crippen LogP contribution is -2.18. The summed E-state index contributed by atoms with van der Waals surface area (Å²) in [6.07, 6.45) is 11.0. The highest BCUT2D eigenvalue weighted by Gasteiger charge is 2.07. The van der Waals surface area contributed by atoms with E-state index in [9.17, 15) is 0 Å². The van der Waals surface area contributed by atoms with E-state index in [0.717, 1.165) is 19.4 Å². The zero-order valence-electron chi connectivity index (χ0n) is 9.66. The third-order valence-electron chi connectivity index (χ3n) is 2.60. The van der Waals surface area contributed by atoms with Crippen molar-refractivity contribution in [3.8, 4) is 0 Å². The van der Waals surface area contributed by atoms with Crippen molar-refractivity contribution in [2.45, 2.75) is 12.8 Å². The molecule has 0 radical (unpaired) electrons. The fourth-order valence-corrected chi connectivity index (χ4v) is 3.74. The Hall–Kier alpha value is -0.380. The van der Waals surface area contributed by atoms with Gasteiger partial charge in [0.2, 0.25) is 0 Å². The summed E-state index contributed by atoms with van der Waals surface area (Å²) in [6, 6.07) is 0. The summed E-state index contributed by atoms with van der Waals surface area (Å²) in [7, 11) is 4.24. The molecule has 0 unspecified atom stereocenters. The van der Waals surface area contributed by atoms with Gasteiger partial charge in [0.1, 0.15) is 0 Å². The third kappa shape index (κ3) is 2.65. The predicted octanol–water partition coefficient (Wildman–Crippen LogP) is 2.14. The summed E-state index contributed by atoms with van der Waals surface area (Å²) in [5, 5.41) is 1.35. The molecule has 1 aromatic rings. The van der Waals surface area contributed by atoms with Gasteiger partial charge in [-0.05, 0) is 42.9 Å². The summed E-state index contributed by atoms with van der Waals surface area (Å²) < 4.78 is 2.70. The van der Waals surface area contributed by atoms with Crippen LogP contribution in [0.15, 0.2) is 16.6 Å². The Morgan fingerprint density at radius 2 is 2.25 bits per heavy atom. The molecule has 3 heteroatoms. The number of likely N-dealkylation sites (N-methyl/N-ethyl adjacent to an activating group) is 1. The van der Waals surface area contributed by atoms with Crippen LogP contribution in [0.25, 0.3) is 12.2 Å². The molecule has 86 valence electrons. The number of thiophene rings is 1. The molecule has 0 fully saturated rings. The van der Waals surface area contributed by atoms with Gasteiger partial charge in [-0.1, -0.05) is 24.3 Å². The van der Waals surface area contributed by atoms with Crippen molar-refractivity contribution >= 4 is 39.4 Å². The van der Waals surface area contributed by atoms with E-state index in [-0.39, 0.29) is 0 Å². The molecule has 0 spiro atoms. The Labute approximate surface area is 109 Å². The van der Waals surface area contributed by atoms with Crippen LogP contribution in [0.3, 0.4) is 0 Å². The maximum Gasteiger partial charge on any atom is 0.0393 e. The highest BCUT2D eigenvalue weighted by atomic mass is 79.9. The minimum Gasteiger partial charge on any atom is -0.309 e. The average molecular weight is 298 g/mol. The van der Waals surface area contributed by atoms with Crippen molar-refractivity contribution in [1.29, 1.82) is 0 Å². The number of halogens is 1. The number of nitrogens with zero attached hydrogens (tertiary/aromatic N) is 1. The van der Waals surface area contributed by atoms with Crippen LogP contribution in [0.2, 0.25) is 0 Å². The molecule has 0 aromatic carbocycles. The largest absolute Gasteiger partial charge is 0.309 e. The van der Waals surface area contributed by atoms with Gasteiger partial charge in [0.05, 0.1) is 0 Å². The normalized spacial score (nSPS) is 14.2. The van der Waals surface area contributed by atoms with Crippen molar-refractivity contribution in [2.75, 3.05) is 20.6 Å². The number of rotatable bonds is 3. The van der Waals surface area contributed by atoms with Gasteiger partial charge in [-0.25, -0.2) is 0 Å². The fraction of sp³-hybridized carbons (Fsp3) is 0.385. The van der Waals surface area contributed by atoms with Crippen LogP contribution >= 0.6 is 27.3 Å². The molecule has 1 nitrogen and oxygen atoms in total. The average Bonchev–Trinajstić information content (AvgIpc) is 2.43. The van der Waals surface area contributed by atoms with Crippen LogP contribution in [-0.2, 0) is 6.42 Å². The second kappa shape index (κ2) is 5.30. The fourth-order valence-electron chi connectivity index (χ4n) is 1.70. The van der Waals surface area contributed by atoms with E-state index >= 15 is 0 Å². The summed E-state index contributed by atoms with van der Waals surface area (Å²) in [6.45, 7) is 1.10. The number of allylic oxidation sites excluding steroid dienone is 2. The Morgan fingerprint density at radius 1 is 1.44 bits per heavy atom.